The van der Waals surface area contributed by atoms with E-state index in [1.54, 1.807) is 18.3 Å². The summed E-state index contributed by atoms with van der Waals surface area (Å²) >= 11 is 12.3. The Labute approximate surface area is 143 Å². The quantitative estimate of drug-likeness (QED) is 0.491. The van der Waals surface area contributed by atoms with E-state index in [4.69, 9.17) is 23.2 Å². The molecule has 2 aromatic carbocycles. The molecule has 0 fully saturated rings. The van der Waals surface area contributed by atoms with Gasteiger partial charge < -0.3 is 0 Å². The molecule has 0 spiro atoms. The van der Waals surface area contributed by atoms with Gasteiger partial charge >= 0.3 is 0 Å². The molecule has 2 aromatic heterocycles. The largest absolute Gasteiger partial charge is 0.296 e. The zero-order valence-electron chi connectivity index (χ0n) is 11.9. The number of aromatic nitrogens is 3. The molecule has 0 N–H and O–H groups in total. The maximum atomic E-state index is 6.30. The summed E-state index contributed by atoms with van der Waals surface area (Å²) in [7, 11) is 0. The number of hydrogen-bond donors (Lipinski definition) is 0. The van der Waals surface area contributed by atoms with Crippen molar-refractivity contribution >= 4 is 28.8 Å². The lowest BCUT2D eigenvalue weighted by Gasteiger charge is -2.07. The van der Waals surface area contributed by atoms with E-state index in [-0.39, 0.29) is 0 Å². The highest BCUT2D eigenvalue weighted by Crippen LogP contribution is 2.30. The summed E-state index contributed by atoms with van der Waals surface area (Å²) in [5.41, 5.74) is 4.51. The molecule has 4 rings (SSSR count). The molecule has 0 bridgehead atoms. The van der Waals surface area contributed by atoms with E-state index in [9.17, 15) is 0 Å². The minimum Gasteiger partial charge on any atom is -0.296 e. The summed E-state index contributed by atoms with van der Waals surface area (Å²) in [6.07, 6.45) is 5.53. The van der Waals surface area contributed by atoms with Crippen molar-refractivity contribution in [3.63, 3.8) is 0 Å². The second-order valence-electron chi connectivity index (χ2n) is 5.13. The van der Waals surface area contributed by atoms with Crippen LogP contribution in [0.4, 0.5) is 0 Å². The van der Waals surface area contributed by atoms with Gasteiger partial charge in [-0.2, -0.15) is 0 Å². The van der Waals surface area contributed by atoms with Gasteiger partial charge in [0.05, 0.1) is 28.8 Å². The molecule has 0 atom stereocenters. The van der Waals surface area contributed by atoms with E-state index in [0.29, 0.717) is 10.0 Å². The minimum absolute atomic E-state index is 0.575. The third-order valence-electron chi connectivity index (χ3n) is 3.67. The fraction of sp³-hybridized carbons (Fsp3) is 0. The van der Waals surface area contributed by atoms with Crippen LogP contribution < -0.4 is 0 Å². The van der Waals surface area contributed by atoms with E-state index < -0.39 is 0 Å². The molecular formula is C18H11Cl2N3. The fourth-order valence-corrected chi connectivity index (χ4v) is 3.05. The summed E-state index contributed by atoms with van der Waals surface area (Å²) in [4.78, 5) is 8.88. The van der Waals surface area contributed by atoms with Crippen molar-refractivity contribution in [1.82, 2.24) is 14.4 Å². The van der Waals surface area contributed by atoms with Crippen LogP contribution in [0.2, 0.25) is 10.0 Å². The van der Waals surface area contributed by atoms with E-state index in [2.05, 4.69) is 22.1 Å². The summed E-state index contributed by atoms with van der Waals surface area (Å²) in [5, 5.41) is 1.18. The van der Waals surface area contributed by atoms with Crippen LogP contribution in [0.1, 0.15) is 0 Å². The van der Waals surface area contributed by atoms with Crippen LogP contribution in [0.15, 0.2) is 67.1 Å². The van der Waals surface area contributed by atoms with Gasteiger partial charge in [-0.25, -0.2) is 4.98 Å². The molecule has 0 saturated carbocycles. The van der Waals surface area contributed by atoms with E-state index in [1.807, 2.05) is 41.1 Å². The number of halogens is 2. The molecule has 0 saturated heterocycles. The monoisotopic (exact) mass is 339 g/mol. The molecule has 5 heteroatoms. The van der Waals surface area contributed by atoms with Gasteiger partial charge in [0, 0.05) is 22.3 Å². The molecule has 0 unspecified atom stereocenters. The zero-order chi connectivity index (χ0) is 15.8. The van der Waals surface area contributed by atoms with Crippen LogP contribution in [0.5, 0.6) is 0 Å². The van der Waals surface area contributed by atoms with Crippen molar-refractivity contribution < 1.29 is 0 Å². The Balaban J connectivity index is 1.90. The third kappa shape index (κ3) is 2.58. The van der Waals surface area contributed by atoms with E-state index in [0.717, 1.165) is 28.2 Å². The molecular weight excluding hydrogens is 329 g/mol. The molecule has 112 valence electrons. The number of hydrogen-bond acceptors (Lipinski definition) is 2. The van der Waals surface area contributed by atoms with Crippen molar-refractivity contribution in [3.8, 4) is 22.5 Å². The van der Waals surface area contributed by atoms with Crippen LogP contribution in [0.3, 0.4) is 0 Å². The Morgan fingerprint density at radius 3 is 2.48 bits per heavy atom. The standard InChI is InChI=1S/C18H11Cl2N3/c19-13-6-7-14(15(20)8-13)16-11-23-17(9-22-18(23)10-21-16)12-4-2-1-3-5-12/h1-11H. The van der Waals surface area contributed by atoms with Crippen molar-refractivity contribution in [2.24, 2.45) is 0 Å². The smallest absolute Gasteiger partial charge is 0.155 e. The topological polar surface area (TPSA) is 30.2 Å². The zero-order valence-corrected chi connectivity index (χ0v) is 13.5. The predicted octanol–water partition coefficient (Wildman–Crippen LogP) is 5.37. The number of benzene rings is 2. The average Bonchev–Trinajstić information content (AvgIpc) is 2.99. The third-order valence-corrected chi connectivity index (χ3v) is 4.22. The number of rotatable bonds is 2. The maximum absolute atomic E-state index is 6.30. The molecule has 4 aromatic rings. The van der Waals surface area contributed by atoms with Crippen molar-refractivity contribution in [2.75, 3.05) is 0 Å². The van der Waals surface area contributed by atoms with Crippen LogP contribution in [-0.2, 0) is 0 Å². The summed E-state index contributed by atoms with van der Waals surface area (Å²) in [6, 6.07) is 15.5. The van der Waals surface area contributed by atoms with Gasteiger partial charge in [0.2, 0.25) is 0 Å². The summed E-state index contributed by atoms with van der Waals surface area (Å²) in [6.45, 7) is 0. The SMILES string of the molecule is Clc1ccc(-c2cn3c(-c4ccccc4)cnc3cn2)c(Cl)c1. The lowest BCUT2D eigenvalue weighted by molar-refractivity contribution is 1.13. The van der Waals surface area contributed by atoms with Crippen LogP contribution in [0.25, 0.3) is 28.2 Å². The molecule has 3 nitrogen and oxygen atoms in total. The second-order valence-corrected chi connectivity index (χ2v) is 5.98. The van der Waals surface area contributed by atoms with Gasteiger partial charge in [-0.3, -0.25) is 9.38 Å². The van der Waals surface area contributed by atoms with Gasteiger partial charge in [-0.1, -0.05) is 53.5 Å². The molecule has 0 aliphatic carbocycles. The number of imidazole rings is 1. The van der Waals surface area contributed by atoms with Gasteiger partial charge in [0.25, 0.3) is 0 Å². The van der Waals surface area contributed by atoms with Crippen LogP contribution in [0, 0.1) is 0 Å². The van der Waals surface area contributed by atoms with Gasteiger partial charge in [0.1, 0.15) is 0 Å². The number of fused-ring (bicyclic) bond motifs is 1. The van der Waals surface area contributed by atoms with Gasteiger partial charge in [-0.05, 0) is 18.2 Å². The molecule has 0 radical (unpaired) electrons. The van der Waals surface area contributed by atoms with Crippen molar-refractivity contribution in [1.29, 1.82) is 0 Å². The highest BCUT2D eigenvalue weighted by molar-refractivity contribution is 6.36. The molecule has 2 heterocycles. The molecule has 0 aliphatic heterocycles. The first-order valence-electron chi connectivity index (χ1n) is 7.06. The maximum Gasteiger partial charge on any atom is 0.155 e. The minimum atomic E-state index is 0.575. The van der Waals surface area contributed by atoms with Crippen LogP contribution >= 0.6 is 23.2 Å². The van der Waals surface area contributed by atoms with Gasteiger partial charge in [0.15, 0.2) is 5.65 Å². The Kier molecular flexibility index (Phi) is 3.52. The van der Waals surface area contributed by atoms with Crippen LogP contribution in [-0.4, -0.2) is 14.4 Å². The number of nitrogens with zero attached hydrogens (tertiary/aromatic N) is 3. The molecule has 0 aliphatic rings. The van der Waals surface area contributed by atoms with Crippen molar-refractivity contribution in [2.45, 2.75) is 0 Å². The highest BCUT2D eigenvalue weighted by Gasteiger charge is 2.10. The molecule has 23 heavy (non-hydrogen) atoms. The predicted molar refractivity (Wildman–Crippen MR) is 93.9 cm³/mol. The van der Waals surface area contributed by atoms with E-state index >= 15 is 0 Å². The van der Waals surface area contributed by atoms with Crippen molar-refractivity contribution in [3.05, 3.63) is 77.2 Å². The highest BCUT2D eigenvalue weighted by atomic mass is 35.5. The Morgan fingerprint density at radius 1 is 0.870 bits per heavy atom. The first-order valence-corrected chi connectivity index (χ1v) is 7.82. The summed E-state index contributed by atoms with van der Waals surface area (Å²) < 4.78 is 2.02. The normalized spacial score (nSPS) is 11.0. The Hall–Kier alpha value is -2.36. The average molecular weight is 340 g/mol. The lowest BCUT2D eigenvalue weighted by atomic mass is 10.1. The van der Waals surface area contributed by atoms with Gasteiger partial charge in [-0.15, -0.1) is 0 Å². The first kappa shape index (κ1) is 14.2. The Morgan fingerprint density at radius 2 is 1.70 bits per heavy atom. The first-order chi connectivity index (χ1) is 11.2. The fourth-order valence-electron chi connectivity index (χ4n) is 2.55. The second kappa shape index (κ2) is 5.69. The summed E-state index contributed by atoms with van der Waals surface area (Å²) in [5.74, 6) is 0. The van der Waals surface area contributed by atoms with E-state index in [1.165, 1.54) is 0 Å². The molecule has 0 amide bonds. The lowest BCUT2D eigenvalue weighted by Crippen LogP contribution is -1.93. The Bertz CT molecular complexity index is 994.